The predicted molar refractivity (Wildman–Crippen MR) is 94.3 cm³/mol. The van der Waals surface area contributed by atoms with Crippen LogP contribution < -0.4 is 5.56 Å². The van der Waals surface area contributed by atoms with Crippen LogP contribution in [0.25, 0.3) is 22.5 Å². The zero-order valence-electron chi connectivity index (χ0n) is 13.3. The predicted octanol–water partition coefficient (Wildman–Crippen LogP) is 3.84. The van der Waals surface area contributed by atoms with Gasteiger partial charge in [-0.2, -0.15) is 0 Å². The molecule has 0 radical (unpaired) electrons. The number of rotatable bonds is 3. The summed E-state index contributed by atoms with van der Waals surface area (Å²) in [4.78, 5) is 17.1. The summed E-state index contributed by atoms with van der Waals surface area (Å²) >= 11 is 6.07. The van der Waals surface area contributed by atoms with Gasteiger partial charge in [-0.05, 0) is 30.7 Å². The monoisotopic (exact) mass is 341 g/mol. The number of hydrogen-bond acceptors (Lipinski definition) is 3. The Morgan fingerprint density at radius 3 is 3.00 bits per heavy atom. The summed E-state index contributed by atoms with van der Waals surface area (Å²) in [5.41, 5.74) is 3.59. The second-order valence-corrected chi connectivity index (χ2v) is 6.23. The molecule has 0 spiro atoms. The summed E-state index contributed by atoms with van der Waals surface area (Å²) in [6, 6.07) is 7.24. The molecule has 1 aliphatic rings. The van der Waals surface area contributed by atoms with Crippen molar-refractivity contribution in [1.29, 1.82) is 0 Å². The molecular weight excluding hydrogens is 326 g/mol. The third-order valence-electron chi connectivity index (χ3n) is 4.22. The first-order chi connectivity index (χ1) is 11.6. The van der Waals surface area contributed by atoms with E-state index in [0.717, 1.165) is 22.6 Å². The number of halogens is 1. The van der Waals surface area contributed by atoms with E-state index < -0.39 is 0 Å². The van der Waals surface area contributed by atoms with Crippen LogP contribution in [0.1, 0.15) is 31.0 Å². The topological polar surface area (TPSA) is 59.4 Å². The summed E-state index contributed by atoms with van der Waals surface area (Å²) in [5, 5.41) is 3.49. The summed E-state index contributed by atoms with van der Waals surface area (Å²) in [7, 11) is 0. The number of hydrogen-bond donors (Lipinski definition) is 1. The molecule has 0 aliphatic heterocycles. The largest absolute Gasteiger partial charge is 0.493 e. The van der Waals surface area contributed by atoms with Gasteiger partial charge in [-0.3, -0.25) is 9.89 Å². The van der Waals surface area contributed by atoms with Crippen LogP contribution in [0.5, 0.6) is 0 Å². The zero-order chi connectivity index (χ0) is 16.8. The molecule has 3 aromatic rings. The third-order valence-corrected chi connectivity index (χ3v) is 4.45. The van der Waals surface area contributed by atoms with Crippen molar-refractivity contribution >= 4 is 23.0 Å². The lowest BCUT2D eigenvalue weighted by molar-refractivity contribution is 0.298. The van der Waals surface area contributed by atoms with E-state index >= 15 is 0 Å². The zero-order valence-corrected chi connectivity index (χ0v) is 14.1. The fourth-order valence-corrected chi connectivity index (χ4v) is 3.44. The first-order valence-corrected chi connectivity index (χ1v) is 8.22. The molecule has 6 heteroatoms. The molecule has 1 aliphatic carbocycles. The van der Waals surface area contributed by atoms with Gasteiger partial charge in [0.15, 0.2) is 5.65 Å². The average molecular weight is 342 g/mol. The molecule has 4 rings (SSSR count). The Kier molecular flexibility index (Phi) is 3.46. The van der Waals surface area contributed by atoms with Crippen molar-refractivity contribution in [1.82, 2.24) is 14.6 Å². The van der Waals surface area contributed by atoms with E-state index in [9.17, 15) is 4.79 Å². The molecule has 1 aromatic carbocycles. The maximum atomic E-state index is 12.6. The molecule has 2 heterocycles. The number of nitrogens with zero attached hydrogens (tertiary/aromatic N) is 2. The highest BCUT2D eigenvalue weighted by atomic mass is 35.5. The second-order valence-electron chi connectivity index (χ2n) is 5.80. The molecule has 0 fully saturated rings. The maximum absolute atomic E-state index is 12.6. The smallest absolute Gasteiger partial charge is 0.274 e. The Bertz CT molecular complexity index is 1030. The van der Waals surface area contributed by atoms with E-state index in [4.69, 9.17) is 16.3 Å². The lowest BCUT2D eigenvalue weighted by atomic mass is 10.1. The maximum Gasteiger partial charge on any atom is 0.274 e. The van der Waals surface area contributed by atoms with Gasteiger partial charge in [-0.1, -0.05) is 30.7 Å². The molecule has 122 valence electrons. The molecule has 0 saturated heterocycles. The fraction of sp³-hybridized carbons (Fsp3) is 0.222. The van der Waals surface area contributed by atoms with E-state index in [0.29, 0.717) is 22.8 Å². The van der Waals surface area contributed by atoms with Crippen molar-refractivity contribution < 1.29 is 4.74 Å². The van der Waals surface area contributed by atoms with E-state index in [1.165, 1.54) is 0 Å². The first kappa shape index (κ1) is 15.0. The Hall–Kier alpha value is -2.53. The molecule has 2 aromatic heterocycles. The van der Waals surface area contributed by atoms with E-state index in [-0.39, 0.29) is 11.5 Å². The minimum Gasteiger partial charge on any atom is -0.493 e. The van der Waals surface area contributed by atoms with E-state index in [1.807, 2.05) is 25.1 Å². The quantitative estimate of drug-likeness (QED) is 0.787. The normalized spacial score (nSPS) is 16.3. The minimum absolute atomic E-state index is 0.127. The van der Waals surface area contributed by atoms with Gasteiger partial charge in [-0.25, -0.2) is 9.50 Å². The summed E-state index contributed by atoms with van der Waals surface area (Å²) in [6.07, 6.45) is 3.82. The van der Waals surface area contributed by atoms with Crippen molar-refractivity contribution in [2.75, 3.05) is 6.61 Å². The van der Waals surface area contributed by atoms with Crippen molar-refractivity contribution in [2.45, 2.75) is 19.8 Å². The van der Waals surface area contributed by atoms with Crippen molar-refractivity contribution in [3.8, 4) is 11.1 Å². The molecule has 0 amide bonds. The van der Waals surface area contributed by atoms with Gasteiger partial charge in [-0.15, -0.1) is 0 Å². The molecule has 24 heavy (non-hydrogen) atoms. The summed E-state index contributed by atoms with van der Waals surface area (Å²) in [6.45, 7) is 4.61. The van der Waals surface area contributed by atoms with Gasteiger partial charge >= 0.3 is 0 Å². The Balaban J connectivity index is 1.97. The molecule has 0 bridgehead atoms. The highest BCUT2D eigenvalue weighted by Gasteiger charge is 2.27. The number of aromatic amines is 1. The third kappa shape index (κ3) is 2.16. The van der Waals surface area contributed by atoms with Gasteiger partial charge in [0, 0.05) is 17.1 Å². The minimum atomic E-state index is -0.185. The standard InChI is InChI=1S/C18H16ClN3O2/c1-3-24-14-7-10(2)16-13(14)9-20-17-15(18(23)21-22(16)17)11-5-4-6-12(19)8-11/h4-10H,3H2,1-2H3,(H,21,23). The summed E-state index contributed by atoms with van der Waals surface area (Å²) in [5.74, 6) is 0.940. The van der Waals surface area contributed by atoms with Crippen molar-refractivity contribution in [2.24, 2.45) is 0 Å². The van der Waals surface area contributed by atoms with Gasteiger partial charge in [0.05, 0.1) is 23.4 Å². The van der Waals surface area contributed by atoms with Gasteiger partial charge in [0.2, 0.25) is 0 Å². The highest BCUT2D eigenvalue weighted by Crippen LogP contribution is 2.36. The van der Waals surface area contributed by atoms with Gasteiger partial charge in [0.1, 0.15) is 5.76 Å². The Morgan fingerprint density at radius 1 is 1.42 bits per heavy atom. The number of H-pyrrole nitrogens is 1. The van der Waals surface area contributed by atoms with E-state index in [1.54, 1.807) is 22.8 Å². The molecular formula is C18H16ClN3O2. The molecule has 1 atom stereocenters. The number of nitrogens with one attached hydrogen (secondary N) is 1. The van der Waals surface area contributed by atoms with E-state index in [2.05, 4.69) is 17.0 Å². The molecule has 5 nitrogen and oxygen atoms in total. The van der Waals surface area contributed by atoms with Gasteiger partial charge < -0.3 is 4.74 Å². The lowest BCUT2D eigenvalue weighted by Gasteiger charge is -2.09. The second kappa shape index (κ2) is 5.53. The number of fused-ring (bicyclic) bond motifs is 3. The van der Waals surface area contributed by atoms with Crippen LogP contribution in [0.15, 0.2) is 41.3 Å². The lowest BCUT2D eigenvalue weighted by Crippen LogP contribution is -2.06. The van der Waals surface area contributed by atoms with Crippen LogP contribution in [-0.2, 0) is 4.74 Å². The van der Waals surface area contributed by atoms with Crippen molar-refractivity contribution in [3.05, 3.63) is 63.2 Å². The number of allylic oxidation sites excluding steroid dienone is 1. The van der Waals surface area contributed by atoms with Crippen LogP contribution in [0, 0.1) is 0 Å². The molecule has 0 saturated carbocycles. The van der Waals surface area contributed by atoms with Crippen LogP contribution in [0.4, 0.5) is 0 Å². The van der Waals surface area contributed by atoms with Crippen LogP contribution in [0.2, 0.25) is 5.02 Å². The fourth-order valence-electron chi connectivity index (χ4n) is 3.25. The van der Waals surface area contributed by atoms with Crippen LogP contribution in [0.3, 0.4) is 0 Å². The highest BCUT2D eigenvalue weighted by molar-refractivity contribution is 6.30. The van der Waals surface area contributed by atoms with Gasteiger partial charge in [0.25, 0.3) is 5.56 Å². The van der Waals surface area contributed by atoms with Crippen molar-refractivity contribution in [3.63, 3.8) is 0 Å². The SMILES string of the molecule is CCOC1=CC(C)c2c1cnc1c(-c3cccc(Cl)c3)c(=O)[nH]n21. The average Bonchev–Trinajstić information content (AvgIpc) is 3.04. The number of benzene rings is 1. The number of aromatic nitrogens is 3. The first-order valence-electron chi connectivity index (χ1n) is 7.84. The Morgan fingerprint density at radius 2 is 2.25 bits per heavy atom. The van der Waals surface area contributed by atoms with Crippen LogP contribution in [-0.4, -0.2) is 21.2 Å². The number of ether oxygens (including phenoxy) is 1. The molecule has 1 N–H and O–H groups in total. The Labute approximate surface area is 143 Å². The summed E-state index contributed by atoms with van der Waals surface area (Å²) < 4.78 is 7.45. The van der Waals surface area contributed by atoms with Crippen LogP contribution >= 0.6 is 11.6 Å². The molecule has 1 unspecified atom stereocenters.